The third kappa shape index (κ3) is 2.57. The molecule has 0 amide bonds. The Morgan fingerprint density at radius 1 is 1.00 bits per heavy atom. The smallest absolute Gasteiger partial charge is 0.152 e. The van der Waals surface area contributed by atoms with Crippen LogP contribution in [-0.4, -0.2) is 11.3 Å². The number of aldehydes is 1. The van der Waals surface area contributed by atoms with Crippen molar-refractivity contribution >= 4 is 17.2 Å². The molecule has 0 N–H and O–H groups in total. The summed E-state index contributed by atoms with van der Waals surface area (Å²) in [7, 11) is 0. The van der Waals surface area contributed by atoms with Crippen molar-refractivity contribution in [3.8, 4) is 11.1 Å². The number of hydrogen-bond donors (Lipinski definition) is 0. The highest BCUT2D eigenvalue weighted by molar-refractivity contribution is 5.98. The zero-order valence-corrected chi connectivity index (χ0v) is 12.3. The third-order valence-corrected chi connectivity index (χ3v) is 3.78. The number of aryl methyl sites for hydroxylation is 2. The number of aromatic nitrogens is 1. The zero-order valence-electron chi connectivity index (χ0n) is 12.3. The molecule has 3 rings (SSSR count). The van der Waals surface area contributed by atoms with Crippen molar-refractivity contribution in [2.75, 3.05) is 0 Å². The molecule has 0 bridgehead atoms. The molecule has 0 saturated heterocycles. The lowest BCUT2D eigenvalue weighted by molar-refractivity contribution is 0.112. The van der Waals surface area contributed by atoms with Crippen LogP contribution in [0, 0.1) is 6.92 Å². The van der Waals surface area contributed by atoms with Crippen molar-refractivity contribution in [3.63, 3.8) is 0 Å². The van der Waals surface area contributed by atoms with Crippen LogP contribution < -0.4 is 0 Å². The van der Waals surface area contributed by atoms with E-state index in [0.29, 0.717) is 5.56 Å². The lowest BCUT2D eigenvalue weighted by atomic mass is 9.98. The van der Waals surface area contributed by atoms with Crippen molar-refractivity contribution in [2.45, 2.75) is 20.3 Å². The van der Waals surface area contributed by atoms with Gasteiger partial charge >= 0.3 is 0 Å². The number of carbonyl (C=O) groups is 1. The average Bonchev–Trinajstić information content (AvgIpc) is 2.54. The molecule has 21 heavy (non-hydrogen) atoms. The van der Waals surface area contributed by atoms with E-state index in [-0.39, 0.29) is 0 Å². The van der Waals surface area contributed by atoms with Crippen LogP contribution in [0.1, 0.15) is 28.5 Å². The van der Waals surface area contributed by atoms with Gasteiger partial charge in [0.1, 0.15) is 0 Å². The second-order valence-electron chi connectivity index (χ2n) is 5.26. The van der Waals surface area contributed by atoms with Gasteiger partial charge in [-0.1, -0.05) is 37.3 Å². The number of hydrogen-bond acceptors (Lipinski definition) is 2. The molecule has 2 aromatic carbocycles. The molecular weight excluding hydrogens is 258 g/mol. The maximum Gasteiger partial charge on any atom is 0.152 e. The average molecular weight is 275 g/mol. The highest BCUT2D eigenvalue weighted by atomic mass is 16.1. The van der Waals surface area contributed by atoms with E-state index in [0.717, 1.165) is 40.4 Å². The Morgan fingerprint density at radius 2 is 1.76 bits per heavy atom. The fourth-order valence-electron chi connectivity index (χ4n) is 2.55. The van der Waals surface area contributed by atoms with Crippen molar-refractivity contribution in [1.29, 1.82) is 0 Å². The van der Waals surface area contributed by atoms with Crippen LogP contribution in [0.25, 0.3) is 22.0 Å². The fourth-order valence-corrected chi connectivity index (χ4v) is 2.55. The number of fused-ring (bicyclic) bond motifs is 1. The van der Waals surface area contributed by atoms with Crippen LogP contribution in [0.4, 0.5) is 0 Å². The summed E-state index contributed by atoms with van der Waals surface area (Å²) < 4.78 is 0. The summed E-state index contributed by atoms with van der Waals surface area (Å²) in [4.78, 5) is 15.9. The monoisotopic (exact) mass is 275 g/mol. The molecule has 0 radical (unpaired) electrons. The molecule has 104 valence electrons. The standard InChI is InChI=1S/C19H17NO/c1-3-14-5-8-15(9-6-14)17-10-16-7-4-13(2)20-19(16)18(11-17)12-21/h4-12H,3H2,1-2H3. The maximum atomic E-state index is 11.4. The Labute approximate surface area is 124 Å². The molecule has 0 aliphatic rings. The summed E-state index contributed by atoms with van der Waals surface area (Å²) in [6.07, 6.45) is 1.92. The van der Waals surface area contributed by atoms with Gasteiger partial charge in [0.2, 0.25) is 0 Å². The van der Waals surface area contributed by atoms with Gasteiger partial charge in [0.25, 0.3) is 0 Å². The van der Waals surface area contributed by atoms with Crippen LogP contribution in [-0.2, 0) is 6.42 Å². The van der Waals surface area contributed by atoms with Gasteiger partial charge in [-0.25, -0.2) is 0 Å². The largest absolute Gasteiger partial charge is 0.298 e. The molecule has 0 unspecified atom stereocenters. The summed E-state index contributed by atoms with van der Waals surface area (Å²) >= 11 is 0. The quantitative estimate of drug-likeness (QED) is 0.655. The SMILES string of the molecule is CCc1ccc(-c2cc(C=O)c3nc(C)ccc3c2)cc1. The van der Waals surface area contributed by atoms with E-state index >= 15 is 0 Å². The van der Waals surface area contributed by atoms with E-state index in [9.17, 15) is 4.79 Å². The minimum atomic E-state index is 0.644. The van der Waals surface area contributed by atoms with Gasteiger partial charge in [0.15, 0.2) is 6.29 Å². The highest BCUT2D eigenvalue weighted by Crippen LogP contribution is 2.26. The zero-order chi connectivity index (χ0) is 14.8. The Balaban J connectivity index is 2.18. The van der Waals surface area contributed by atoms with E-state index in [1.165, 1.54) is 5.56 Å². The predicted molar refractivity (Wildman–Crippen MR) is 86.7 cm³/mol. The molecule has 2 nitrogen and oxygen atoms in total. The second-order valence-corrected chi connectivity index (χ2v) is 5.26. The van der Waals surface area contributed by atoms with E-state index in [4.69, 9.17) is 0 Å². The Bertz CT molecular complexity index is 804. The summed E-state index contributed by atoms with van der Waals surface area (Å²) in [5, 5.41) is 1.000. The predicted octanol–water partition coefficient (Wildman–Crippen LogP) is 4.59. The number of benzene rings is 2. The molecule has 0 fully saturated rings. The summed E-state index contributed by atoms with van der Waals surface area (Å²) in [6, 6.07) is 16.5. The van der Waals surface area contributed by atoms with Gasteiger partial charge in [0, 0.05) is 16.6 Å². The lowest BCUT2D eigenvalue weighted by Gasteiger charge is -2.08. The van der Waals surface area contributed by atoms with E-state index in [2.05, 4.69) is 42.2 Å². The first kappa shape index (κ1) is 13.5. The molecule has 1 aromatic heterocycles. The van der Waals surface area contributed by atoms with Gasteiger partial charge < -0.3 is 0 Å². The van der Waals surface area contributed by atoms with E-state index < -0.39 is 0 Å². The molecule has 3 aromatic rings. The summed E-state index contributed by atoms with van der Waals surface area (Å²) in [5.41, 5.74) is 5.83. The molecule has 1 heterocycles. The molecule has 0 atom stereocenters. The minimum absolute atomic E-state index is 0.644. The Kier molecular flexibility index (Phi) is 3.53. The molecule has 2 heteroatoms. The molecule has 0 spiro atoms. The fraction of sp³-hybridized carbons (Fsp3) is 0.158. The second kappa shape index (κ2) is 5.49. The number of nitrogens with zero attached hydrogens (tertiary/aromatic N) is 1. The normalized spacial score (nSPS) is 10.8. The number of carbonyl (C=O) groups excluding carboxylic acids is 1. The van der Waals surface area contributed by atoms with E-state index in [1.807, 2.05) is 25.1 Å². The molecule has 0 saturated carbocycles. The van der Waals surface area contributed by atoms with E-state index in [1.54, 1.807) is 0 Å². The first-order chi connectivity index (χ1) is 10.2. The van der Waals surface area contributed by atoms with Gasteiger partial charge in [0.05, 0.1) is 5.52 Å². The van der Waals surface area contributed by atoms with Gasteiger partial charge in [-0.3, -0.25) is 9.78 Å². The topological polar surface area (TPSA) is 30.0 Å². The Morgan fingerprint density at radius 3 is 2.43 bits per heavy atom. The van der Waals surface area contributed by atoms with Crippen LogP contribution in [0.5, 0.6) is 0 Å². The van der Waals surface area contributed by atoms with Crippen molar-refractivity contribution in [1.82, 2.24) is 4.98 Å². The van der Waals surface area contributed by atoms with Crippen LogP contribution in [0.2, 0.25) is 0 Å². The third-order valence-electron chi connectivity index (χ3n) is 3.78. The number of pyridine rings is 1. The van der Waals surface area contributed by atoms with Gasteiger partial charge in [-0.15, -0.1) is 0 Å². The first-order valence-electron chi connectivity index (χ1n) is 7.17. The van der Waals surface area contributed by atoms with Crippen molar-refractivity contribution in [3.05, 3.63) is 65.4 Å². The van der Waals surface area contributed by atoms with Crippen molar-refractivity contribution in [2.24, 2.45) is 0 Å². The lowest BCUT2D eigenvalue weighted by Crippen LogP contribution is -1.91. The Hall–Kier alpha value is -2.48. The van der Waals surface area contributed by atoms with Crippen LogP contribution in [0.15, 0.2) is 48.5 Å². The van der Waals surface area contributed by atoms with Crippen LogP contribution in [0.3, 0.4) is 0 Å². The molecule has 0 aliphatic carbocycles. The first-order valence-corrected chi connectivity index (χ1v) is 7.17. The van der Waals surface area contributed by atoms with Crippen molar-refractivity contribution < 1.29 is 4.79 Å². The summed E-state index contributed by atoms with van der Waals surface area (Å²) in [5.74, 6) is 0. The van der Waals surface area contributed by atoms with Gasteiger partial charge in [-0.2, -0.15) is 0 Å². The van der Waals surface area contributed by atoms with Crippen LogP contribution >= 0.6 is 0 Å². The minimum Gasteiger partial charge on any atom is -0.298 e. The maximum absolute atomic E-state index is 11.4. The van der Waals surface area contributed by atoms with Gasteiger partial charge in [-0.05, 0) is 48.2 Å². The highest BCUT2D eigenvalue weighted by Gasteiger charge is 2.07. The molecule has 0 aliphatic heterocycles. The molecular formula is C19H17NO. The number of rotatable bonds is 3. The summed E-state index contributed by atoms with van der Waals surface area (Å²) in [6.45, 7) is 4.08.